The lowest BCUT2D eigenvalue weighted by Gasteiger charge is -2.15. The van der Waals surface area contributed by atoms with Gasteiger partial charge in [0.25, 0.3) is 0 Å². The van der Waals surface area contributed by atoms with Crippen LogP contribution in [0.25, 0.3) is 0 Å². The minimum Gasteiger partial charge on any atom is -0.478 e. The number of carboxylic acids is 1. The van der Waals surface area contributed by atoms with Crippen LogP contribution in [0.5, 0.6) is 0 Å². The topological polar surface area (TPSA) is 85.3 Å². The molecule has 0 radical (unpaired) electrons. The highest BCUT2D eigenvalue weighted by molar-refractivity contribution is 5.90. The van der Waals surface area contributed by atoms with Crippen molar-refractivity contribution in [1.82, 2.24) is 5.23 Å². The Labute approximate surface area is 86.7 Å². The lowest BCUT2D eigenvalue weighted by atomic mass is 10.5. The summed E-state index contributed by atoms with van der Waals surface area (Å²) in [5.41, 5.74) is 0. The van der Waals surface area contributed by atoms with E-state index in [2.05, 4.69) is 14.4 Å². The summed E-state index contributed by atoms with van der Waals surface area (Å²) in [4.78, 5) is 30.2. The number of carboxylic acid groups (broad SMARTS) is 1. The van der Waals surface area contributed by atoms with E-state index in [1.807, 2.05) is 0 Å². The van der Waals surface area contributed by atoms with Gasteiger partial charge in [0.15, 0.2) is 0 Å². The Morgan fingerprint density at radius 1 is 1.27 bits per heavy atom. The molecular formula is C8H13NO6. The van der Waals surface area contributed by atoms with Crippen molar-refractivity contribution in [3.05, 3.63) is 12.2 Å². The molecule has 15 heavy (non-hydrogen) atoms. The molecule has 7 heteroatoms. The number of carbonyl (C=O) groups is 2. The third-order valence-electron chi connectivity index (χ3n) is 1.29. The van der Waals surface area contributed by atoms with Gasteiger partial charge in [-0.1, -0.05) is 5.23 Å². The summed E-state index contributed by atoms with van der Waals surface area (Å²) in [5.74, 6) is -1.94. The van der Waals surface area contributed by atoms with Crippen molar-refractivity contribution in [1.29, 1.82) is 0 Å². The van der Waals surface area contributed by atoms with E-state index in [-0.39, 0.29) is 13.2 Å². The summed E-state index contributed by atoms with van der Waals surface area (Å²) < 4.78 is 4.64. The van der Waals surface area contributed by atoms with E-state index < -0.39 is 11.9 Å². The normalized spacial score (nSPS) is 10.9. The zero-order valence-corrected chi connectivity index (χ0v) is 8.50. The van der Waals surface area contributed by atoms with Gasteiger partial charge in [-0.25, -0.2) is 9.59 Å². The molecule has 0 spiro atoms. The van der Waals surface area contributed by atoms with E-state index in [0.29, 0.717) is 6.08 Å². The molecule has 0 saturated carbocycles. The molecule has 0 atom stereocenters. The lowest BCUT2D eigenvalue weighted by Crippen LogP contribution is -2.26. The van der Waals surface area contributed by atoms with Crippen molar-refractivity contribution in [2.24, 2.45) is 0 Å². The van der Waals surface area contributed by atoms with Crippen LogP contribution in [0.4, 0.5) is 0 Å². The fraction of sp³-hybridized carbons (Fsp3) is 0.500. The molecule has 0 aromatic carbocycles. The quantitative estimate of drug-likeness (QED) is 0.354. The van der Waals surface area contributed by atoms with Gasteiger partial charge < -0.3 is 9.84 Å². The Hall–Kier alpha value is -1.44. The molecule has 7 nitrogen and oxygen atoms in total. The highest BCUT2D eigenvalue weighted by atomic mass is 16.9. The number of hydrogen-bond donors (Lipinski definition) is 1. The minimum absolute atomic E-state index is 0.0322. The fourth-order valence-electron chi connectivity index (χ4n) is 0.665. The fourth-order valence-corrected chi connectivity index (χ4v) is 0.665. The van der Waals surface area contributed by atoms with Crippen LogP contribution in [0.1, 0.15) is 0 Å². The summed E-state index contributed by atoms with van der Waals surface area (Å²) >= 11 is 0. The molecule has 0 aliphatic rings. The number of hydroxylamine groups is 2. The average molecular weight is 219 g/mol. The number of rotatable bonds is 7. The third kappa shape index (κ3) is 7.62. The minimum atomic E-state index is -1.21. The first-order chi connectivity index (χ1) is 7.10. The molecule has 1 N–H and O–H groups in total. The van der Waals surface area contributed by atoms with Crippen molar-refractivity contribution in [2.45, 2.75) is 0 Å². The Kier molecular flexibility index (Phi) is 7.16. The zero-order valence-electron chi connectivity index (χ0n) is 8.50. The van der Waals surface area contributed by atoms with Gasteiger partial charge >= 0.3 is 11.9 Å². The van der Waals surface area contributed by atoms with Gasteiger partial charge in [-0.15, -0.1) is 0 Å². The molecule has 86 valence electrons. The van der Waals surface area contributed by atoms with E-state index in [0.717, 1.165) is 11.3 Å². The first-order valence-corrected chi connectivity index (χ1v) is 4.03. The van der Waals surface area contributed by atoms with Crippen LogP contribution in [-0.2, 0) is 24.0 Å². The number of hydrogen-bond acceptors (Lipinski definition) is 6. The highest BCUT2D eigenvalue weighted by Gasteiger charge is 2.03. The van der Waals surface area contributed by atoms with Gasteiger partial charge in [-0.2, -0.15) is 0 Å². The molecule has 0 aromatic heterocycles. The molecular weight excluding hydrogens is 206 g/mol. The Balaban J connectivity index is 3.67. The van der Waals surface area contributed by atoms with Crippen LogP contribution in [0.3, 0.4) is 0 Å². The van der Waals surface area contributed by atoms with E-state index in [1.165, 1.54) is 14.2 Å². The summed E-state index contributed by atoms with van der Waals surface area (Å²) in [5, 5.41) is 9.31. The lowest BCUT2D eigenvalue weighted by molar-refractivity contribution is -0.344. The standard InChI is InChI=1S/C8H13NO6/c1-13-9(14-2)5-6-15-8(12)4-3-7(10)11/h3-4H,5-6H2,1-2H3,(H,10,11)/b4-3-. The predicted octanol–water partition coefficient (Wildman–Crippen LogP) is -0.405. The first-order valence-electron chi connectivity index (χ1n) is 4.03. The van der Waals surface area contributed by atoms with E-state index in [4.69, 9.17) is 5.11 Å². The second kappa shape index (κ2) is 7.92. The van der Waals surface area contributed by atoms with E-state index in [9.17, 15) is 9.59 Å². The number of carbonyl (C=O) groups excluding carboxylic acids is 1. The molecule has 0 unspecified atom stereocenters. The van der Waals surface area contributed by atoms with Crippen LogP contribution in [0.15, 0.2) is 12.2 Å². The van der Waals surface area contributed by atoms with Crippen LogP contribution in [0.2, 0.25) is 0 Å². The van der Waals surface area contributed by atoms with E-state index >= 15 is 0 Å². The van der Waals surface area contributed by atoms with Crippen LogP contribution in [-0.4, -0.2) is 49.6 Å². The SMILES string of the molecule is CON(CCOC(=O)/C=C\C(=O)O)OC. The Morgan fingerprint density at radius 2 is 1.87 bits per heavy atom. The molecule has 0 aliphatic heterocycles. The molecule has 0 heterocycles. The van der Waals surface area contributed by atoms with Crippen molar-refractivity contribution in [2.75, 3.05) is 27.4 Å². The highest BCUT2D eigenvalue weighted by Crippen LogP contribution is 1.89. The van der Waals surface area contributed by atoms with Crippen molar-refractivity contribution < 1.29 is 29.1 Å². The number of esters is 1. The van der Waals surface area contributed by atoms with Gasteiger partial charge in [-0.05, 0) is 0 Å². The van der Waals surface area contributed by atoms with Gasteiger partial charge in [0.05, 0.1) is 20.8 Å². The molecule has 0 aliphatic carbocycles. The molecule has 0 fully saturated rings. The van der Waals surface area contributed by atoms with Gasteiger partial charge in [0.1, 0.15) is 6.61 Å². The Bertz CT molecular complexity index is 235. The monoisotopic (exact) mass is 219 g/mol. The van der Waals surface area contributed by atoms with Crippen LogP contribution < -0.4 is 0 Å². The molecule has 0 rings (SSSR count). The largest absolute Gasteiger partial charge is 0.478 e. The summed E-state index contributed by atoms with van der Waals surface area (Å²) in [6.07, 6.45) is 1.53. The number of ether oxygens (including phenoxy) is 1. The first kappa shape index (κ1) is 13.6. The maximum atomic E-state index is 10.8. The maximum absolute atomic E-state index is 10.8. The predicted molar refractivity (Wildman–Crippen MR) is 48.5 cm³/mol. The van der Waals surface area contributed by atoms with Gasteiger partial charge in [0, 0.05) is 12.2 Å². The van der Waals surface area contributed by atoms with E-state index in [1.54, 1.807) is 0 Å². The summed E-state index contributed by atoms with van der Waals surface area (Å²) in [6.45, 7) is 0.254. The van der Waals surface area contributed by atoms with Crippen LogP contribution >= 0.6 is 0 Å². The van der Waals surface area contributed by atoms with Gasteiger partial charge in [-0.3, -0.25) is 9.68 Å². The summed E-state index contributed by atoms with van der Waals surface area (Å²) in [7, 11) is 2.80. The molecule has 0 bridgehead atoms. The van der Waals surface area contributed by atoms with Crippen molar-refractivity contribution >= 4 is 11.9 Å². The number of nitrogens with zero attached hydrogens (tertiary/aromatic N) is 1. The van der Waals surface area contributed by atoms with Crippen molar-refractivity contribution in [3.8, 4) is 0 Å². The third-order valence-corrected chi connectivity index (χ3v) is 1.29. The second-order valence-electron chi connectivity index (χ2n) is 2.26. The summed E-state index contributed by atoms with van der Waals surface area (Å²) in [6, 6.07) is 0. The second-order valence-corrected chi connectivity index (χ2v) is 2.26. The average Bonchev–Trinajstić information content (AvgIpc) is 2.21. The number of aliphatic carboxylic acids is 1. The molecule has 0 amide bonds. The Morgan fingerprint density at radius 3 is 2.33 bits per heavy atom. The van der Waals surface area contributed by atoms with Crippen LogP contribution in [0, 0.1) is 0 Å². The zero-order chi connectivity index (χ0) is 11.7. The smallest absolute Gasteiger partial charge is 0.331 e. The molecule has 0 aromatic rings. The van der Waals surface area contributed by atoms with Gasteiger partial charge in [0.2, 0.25) is 0 Å². The maximum Gasteiger partial charge on any atom is 0.331 e. The van der Waals surface area contributed by atoms with Crippen molar-refractivity contribution in [3.63, 3.8) is 0 Å². The molecule has 0 saturated heterocycles.